The maximum Gasteiger partial charge on any atom is 0.341 e. The van der Waals surface area contributed by atoms with Gasteiger partial charge in [0.2, 0.25) is 0 Å². The Morgan fingerprint density at radius 1 is 1.29 bits per heavy atom. The number of nitrogens with zero attached hydrogens (tertiary/aromatic N) is 1. The second-order valence-corrected chi connectivity index (χ2v) is 5.93. The summed E-state index contributed by atoms with van der Waals surface area (Å²) in [5.74, 6) is -1.03. The van der Waals surface area contributed by atoms with Gasteiger partial charge in [-0.2, -0.15) is 0 Å². The van der Waals surface area contributed by atoms with E-state index in [-0.39, 0.29) is 23.4 Å². The molecule has 2 aromatic rings. The Morgan fingerprint density at radius 2 is 2.04 bits per heavy atom. The molecule has 8 heteroatoms. The molecule has 0 atom stereocenters. The fourth-order valence-electron chi connectivity index (χ4n) is 2.01. The molecule has 2 rings (SSSR count). The zero-order valence-electron chi connectivity index (χ0n) is 13.2. The predicted octanol–water partition coefficient (Wildman–Crippen LogP) is 3.65. The minimum absolute atomic E-state index is 0.144. The van der Waals surface area contributed by atoms with Crippen LogP contribution in [0.4, 0.5) is 10.7 Å². The minimum atomic E-state index is -0.568. The van der Waals surface area contributed by atoms with Crippen molar-refractivity contribution in [1.29, 1.82) is 0 Å². The lowest BCUT2D eigenvalue weighted by Gasteiger charge is -2.06. The predicted molar refractivity (Wildman–Crippen MR) is 90.7 cm³/mol. The first-order valence-corrected chi connectivity index (χ1v) is 8.13. The molecule has 0 saturated carbocycles. The van der Waals surface area contributed by atoms with Crippen molar-refractivity contribution in [2.45, 2.75) is 20.3 Å². The van der Waals surface area contributed by atoms with Crippen molar-refractivity contribution >= 4 is 33.9 Å². The first-order valence-electron chi connectivity index (χ1n) is 7.31. The largest absolute Gasteiger partial charge is 0.462 e. The van der Waals surface area contributed by atoms with Crippen LogP contribution in [-0.4, -0.2) is 23.4 Å². The van der Waals surface area contributed by atoms with E-state index in [1.54, 1.807) is 13.0 Å². The summed E-state index contributed by atoms with van der Waals surface area (Å²) in [6.07, 6.45) is 0.712. The molecular weight excluding hydrogens is 332 g/mol. The highest BCUT2D eigenvalue weighted by Crippen LogP contribution is 2.30. The summed E-state index contributed by atoms with van der Waals surface area (Å²) in [5, 5.41) is 13.8. The number of carbonyl (C=O) groups is 2. The summed E-state index contributed by atoms with van der Waals surface area (Å²) in [7, 11) is 0. The molecule has 0 bridgehead atoms. The number of rotatable bonds is 6. The first-order chi connectivity index (χ1) is 11.5. The van der Waals surface area contributed by atoms with Gasteiger partial charge in [0, 0.05) is 22.6 Å². The van der Waals surface area contributed by atoms with E-state index in [1.807, 2.05) is 6.92 Å². The van der Waals surface area contributed by atoms with Crippen molar-refractivity contribution in [2.24, 2.45) is 0 Å². The molecule has 0 saturated heterocycles. The quantitative estimate of drug-likeness (QED) is 0.488. The summed E-state index contributed by atoms with van der Waals surface area (Å²) in [6, 6.07) is 7.09. The van der Waals surface area contributed by atoms with Gasteiger partial charge in [0.05, 0.1) is 17.1 Å². The first kappa shape index (κ1) is 17.6. The molecule has 1 aromatic heterocycles. The summed E-state index contributed by atoms with van der Waals surface area (Å²) in [5.41, 5.74) is 0.261. The topological polar surface area (TPSA) is 98.5 Å². The number of benzene rings is 1. The highest BCUT2D eigenvalue weighted by molar-refractivity contribution is 7.16. The normalized spacial score (nSPS) is 10.2. The van der Waals surface area contributed by atoms with Crippen LogP contribution in [0, 0.1) is 10.1 Å². The van der Waals surface area contributed by atoms with E-state index in [2.05, 4.69) is 5.32 Å². The van der Waals surface area contributed by atoms with Gasteiger partial charge in [-0.3, -0.25) is 14.9 Å². The molecule has 0 aliphatic heterocycles. The van der Waals surface area contributed by atoms with Gasteiger partial charge in [0.25, 0.3) is 11.6 Å². The number of non-ortho nitro benzene ring substituents is 1. The molecule has 0 radical (unpaired) electrons. The van der Waals surface area contributed by atoms with Gasteiger partial charge >= 0.3 is 5.97 Å². The summed E-state index contributed by atoms with van der Waals surface area (Å²) < 4.78 is 4.99. The van der Waals surface area contributed by atoms with E-state index in [9.17, 15) is 19.7 Å². The van der Waals surface area contributed by atoms with Crippen molar-refractivity contribution in [3.63, 3.8) is 0 Å². The highest BCUT2D eigenvalue weighted by Gasteiger charge is 2.20. The van der Waals surface area contributed by atoms with Crippen molar-refractivity contribution in [2.75, 3.05) is 11.9 Å². The zero-order chi connectivity index (χ0) is 17.7. The molecule has 0 spiro atoms. The Labute approximate surface area is 142 Å². The van der Waals surface area contributed by atoms with E-state index in [0.717, 1.165) is 4.88 Å². The number of aryl methyl sites for hydroxylation is 1. The number of ether oxygens (including phenoxy) is 1. The standard InChI is InChI=1S/C16H16N2O5S/c1-3-12-9-13(16(20)23-4-2)15(24-12)17-14(19)10-6-5-7-11(8-10)18(21)22/h5-9H,3-4H2,1-2H3,(H,17,19). The number of hydrogen-bond acceptors (Lipinski definition) is 6. The van der Waals surface area contributed by atoms with Gasteiger partial charge in [-0.05, 0) is 25.5 Å². The second-order valence-electron chi connectivity index (χ2n) is 4.79. The van der Waals surface area contributed by atoms with Crippen molar-refractivity contribution in [3.05, 3.63) is 56.5 Å². The van der Waals surface area contributed by atoms with Gasteiger partial charge in [0.15, 0.2) is 0 Å². The van der Waals surface area contributed by atoms with E-state index in [0.29, 0.717) is 11.4 Å². The summed E-state index contributed by atoms with van der Waals surface area (Å²) in [4.78, 5) is 35.5. The van der Waals surface area contributed by atoms with Crippen LogP contribution in [0.25, 0.3) is 0 Å². The molecule has 0 unspecified atom stereocenters. The number of carbonyl (C=O) groups excluding carboxylic acids is 2. The average molecular weight is 348 g/mol. The molecule has 126 valence electrons. The molecule has 1 amide bonds. The fourth-order valence-corrected chi connectivity index (χ4v) is 2.98. The van der Waals surface area contributed by atoms with Crippen molar-refractivity contribution < 1.29 is 19.2 Å². The van der Waals surface area contributed by atoms with E-state index < -0.39 is 16.8 Å². The Bertz CT molecular complexity index is 785. The Hall–Kier alpha value is -2.74. The molecule has 1 aromatic carbocycles. The maximum atomic E-state index is 12.3. The van der Waals surface area contributed by atoms with Gasteiger partial charge in [-0.25, -0.2) is 4.79 Å². The van der Waals surface area contributed by atoms with Crippen LogP contribution in [0.5, 0.6) is 0 Å². The number of hydrogen-bond donors (Lipinski definition) is 1. The lowest BCUT2D eigenvalue weighted by molar-refractivity contribution is -0.384. The number of amides is 1. The number of thiophene rings is 1. The second kappa shape index (κ2) is 7.69. The molecule has 0 fully saturated rings. The van der Waals surface area contributed by atoms with Crippen LogP contribution in [0.1, 0.15) is 39.4 Å². The van der Waals surface area contributed by atoms with E-state index in [4.69, 9.17) is 4.74 Å². The molecule has 0 aliphatic rings. The van der Waals surface area contributed by atoms with Gasteiger partial charge < -0.3 is 10.1 Å². The molecule has 1 N–H and O–H groups in total. The van der Waals surface area contributed by atoms with Gasteiger partial charge in [0.1, 0.15) is 5.00 Å². The lowest BCUT2D eigenvalue weighted by Crippen LogP contribution is -2.14. The molecule has 7 nitrogen and oxygen atoms in total. The number of nitrogens with one attached hydrogen (secondary N) is 1. The number of nitro groups is 1. The molecule has 1 heterocycles. The van der Waals surface area contributed by atoms with Crippen LogP contribution >= 0.6 is 11.3 Å². The number of nitro benzene ring substituents is 1. The summed E-state index contributed by atoms with van der Waals surface area (Å²) in [6.45, 7) is 3.87. The highest BCUT2D eigenvalue weighted by atomic mass is 32.1. The van der Waals surface area contributed by atoms with Crippen molar-refractivity contribution in [3.8, 4) is 0 Å². The molecule has 24 heavy (non-hydrogen) atoms. The van der Waals surface area contributed by atoms with Crippen LogP contribution in [0.15, 0.2) is 30.3 Å². The van der Waals surface area contributed by atoms with Crippen LogP contribution in [0.3, 0.4) is 0 Å². The smallest absolute Gasteiger partial charge is 0.341 e. The van der Waals surface area contributed by atoms with Crippen LogP contribution in [-0.2, 0) is 11.2 Å². The minimum Gasteiger partial charge on any atom is -0.462 e. The Kier molecular flexibility index (Phi) is 5.64. The van der Waals surface area contributed by atoms with E-state index >= 15 is 0 Å². The Balaban J connectivity index is 2.28. The monoisotopic (exact) mass is 348 g/mol. The molecular formula is C16H16N2O5S. The SMILES string of the molecule is CCOC(=O)c1cc(CC)sc1NC(=O)c1cccc([N+](=O)[O-])c1. The third kappa shape index (κ3) is 3.96. The van der Waals surface area contributed by atoms with Gasteiger partial charge in [-0.1, -0.05) is 13.0 Å². The average Bonchev–Trinajstić information content (AvgIpc) is 2.98. The van der Waals surface area contributed by atoms with E-state index in [1.165, 1.54) is 35.6 Å². The van der Waals surface area contributed by atoms with Crippen LogP contribution in [0.2, 0.25) is 0 Å². The maximum absolute atomic E-state index is 12.3. The number of esters is 1. The fraction of sp³-hybridized carbons (Fsp3) is 0.250. The zero-order valence-corrected chi connectivity index (χ0v) is 14.0. The number of anilines is 1. The lowest BCUT2D eigenvalue weighted by atomic mass is 10.2. The van der Waals surface area contributed by atoms with Crippen molar-refractivity contribution in [1.82, 2.24) is 0 Å². The third-order valence-corrected chi connectivity index (χ3v) is 4.37. The third-order valence-electron chi connectivity index (χ3n) is 3.17. The Morgan fingerprint density at radius 3 is 2.67 bits per heavy atom. The van der Waals surface area contributed by atoms with Gasteiger partial charge in [-0.15, -0.1) is 11.3 Å². The molecule has 0 aliphatic carbocycles. The summed E-state index contributed by atoms with van der Waals surface area (Å²) >= 11 is 1.28. The van der Waals surface area contributed by atoms with Crippen LogP contribution < -0.4 is 5.32 Å².